The minimum absolute atomic E-state index is 0.0422. The molecule has 2 aromatic rings. The highest BCUT2D eigenvalue weighted by atomic mass is 16.5. The highest BCUT2D eigenvalue weighted by Crippen LogP contribution is 2.44. The van der Waals surface area contributed by atoms with Gasteiger partial charge in [-0.15, -0.1) is 0 Å². The fourth-order valence-corrected chi connectivity index (χ4v) is 4.56. The Bertz CT molecular complexity index is 974. The maximum absolute atomic E-state index is 12.2. The summed E-state index contributed by atoms with van der Waals surface area (Å²) < 4.78 is 5.53. The molecule has 35 heavy (non-hydrogen) atoms. The summed E-state index contributed by atoms with van der Waals surface area (Å²) >= 11 is 0. The van der Waals surface area contributed by atoms with E-state index < -0.39 is 18.1 Å². The van der Waals surface area contributed by atoms with E-state index in [0.29, 0.717) is 32.4 Å². The zero-order chi connectivity index (χ0) is 25.2. The largest absolute Gasteiger partial charge is 0.480 e. The first-order valence-corrected chi connectivity index (χ1v) is 12.5. The van der Waals surface area contributed by atoms with Crippen LogP contribution in [0, 0.1) is 5.92 Å². The van der Waals surface area contributed by atoms with Gasteiger partial charge in [0, 0.05) is 18.9 Å². The number of carbonyl (C=O) groups excluding carboxylic acids is 2. The topological polar surface area (TPSA) is 105 Å². The molecule has 0 saturated carbocycles. The Balaban J connectivity index is 1.29. The Morgan fingerprint density at radius 3 is 2.11 bits per heavy atom. The lowest BCUT2D eigenvalue weighted by Crippen LogP contribution is -2.41. The summed E-state index contributed by atoms with van der Waals surface area (Å²) in [5.41, 5.74) is 4.77. The lowest BCUT2D eigenvalue weighted by atomic mass is 9.98. The average Bonchev–Trinajstić information content (AvgIpc) is 3.15. The van der Waals surface area contributed by atoms with E-state index >= 15 is 0 Å². The smallest absolute Gasteiger partial charge is 0.407 e. The van der Waals surface area contributed by atoms with Crippen molar-refractivity contribution in [2.45, 2.75) is 64.3 Å². The second kappa shape index (κ2) is 12.9. The third kappa shape index (κ3) is 7.57. The number of alkyl carbamates (subject to hydrolysis) is 1. The number of unbranched alkanes of at least 4 members (excludes halogenated alkanes) is 3. The average molecular weight is 481 g/mol. The number of carbonyl (C=O) groups is 3. The quantitative estimate of drug-likeness (QED) is 0.346. The molecule has 188 valence electrons. The normalized spacial score (nSPS) is 13.1. The van der Waals surface area contributed by atoms with Crippen LogP contribution in [0.5, 0.6) is 0 Å². The van der Waals surface area contributed by atoms with Crippen LogP contribution in [0.15, 0.2) is 48.5 Å². The number of rotatable bonds is 13. The summed E-state index contributed by atoms with van der Waals surface area (Å²) in [7, 11) is 0. The highest BCUT2D eigenvalue weighted by molar-refractivity contribution is 5.83. The molecule has 1 aliphatic carbocycles. The van der Waals surface area contributed by atoms with Crippen molar-refractivity contribution in [3.05, 3.63) is 59.7 Å². The number of benzene rings is 2. The van der Waals surface area contributed by atoms with E-state index in [1.807, 2.05) is 38.1 Å². The molecular formula is C28H36N2O5. The summed E-state index contributed by atoms with van der Waals surface area (Å²) in [6, 6.07) is 15.6. The number of aliphatic carboxylic acids is 1. The maximum Gasteiger partial charge on any atom is 0.407 e. The Kier molecular flexibility index (Phi) is 9.70. The molecule has 7 heteroatoms. The van der Waals surface area contributed by atoms with E-state index in [9.17, 15) is 19.5 Å². The van der Waals surface area contributed by atoms with Crippen LogP contribution >= 0.6 is 0 Å². The monoisotopic (exact) mass is 480 g/mol. The van der Waals surface area contributed by atoms with Gasteiger partial charge in [-0.2, -0.15) is 0 Å². The van der Waals surface area contributed by atoms with Crippen LogP contribution in [0.25, 0.3) is 11.1 Å². The van der Waals surface area contributed by atoms with Crippen LogP contribution in [0.4, 0.5) is 4.79 Å². The first kappa shape index (κ1) is 26.3. The Morgan fingerprint density at radius 2 is 1.51 bits per heavy atom. The van der Waals surface area contributed by atoms with Gasteiger partial charge in [-0.1, -0.05) is 75.2 Å². The molecule has 2 amide bonds. The number of carboxylic acid groups (broad SMARTS) is 1. The van der Waals surface area contributed by atoms with Crippen molar-refractivity contribution in [3.8, 4) is 11.1 Å². The standard InChI is InChI=1S/C28H36N2O5/c1-19(2)17-25(27(32)33)30-26(31)15-5-3-4-10-16-29-28(34)35-18-24-22-13-8-6-11-20(22)21-12-7-9-14-23(21)24/h6-9,11-14,19,24-25H,3-5,10,15-18H2,1-2H3,(H,29,34)(H,30,31)(H,32,33). The van der Waals surface area contributed by atoms with E-state index in [0.717, 1.165) is 19.3 Å². The van der Waals surface area contributed by atoms with Crippen molar-refractivity contribution in [1.29, 1.82) is 0 Å². The molecule has 0 saturated heterocycles. The van der Waals surface area contributed by atoms with Gasteiger partial charge >= 0.3 is 12.1 Å². The van der Waals surface area contributed by atoms with Crippen LogP contribution in [-0.4, -0.2) is 42.3 Å². The van der Waals surface area contributed by atoms with Crippen LogP contribution in [0.2, 0.25) is 0 Å². The molecule has 1 unspecified atom stereocenters. The number of hydrogen-bond acceptors (Lipinski definition) is 4. The van der Waals surface area contributed by atoms with E-state index in [1.54, 1.807) is 0 Å². The summed E-state index contributed by atoms with van der Waals surface area (Å²) in [6.07, 6.45) is 3.48. The number of nitrogens with one attached hydrogen (secondary N) is 2. The zero-order valence-electron chi connectivity index (χ0n) is 20.6. The van der Waals surface area contributed by atoms with Gasteiger partial charge in [0.15, 0.2) is 0 Å². The van der Waals surface area contributed by atoms with Crippen molar-refractivity contribution >= 4 is 18.0 Å². The summed E-state index contributed by atoms with van der Waals surface area (Å²) in [5.74, 6) is -0.984. The van der Waals surface area contributed by atoms with Crippen molar-refractivity contribution in [2.75, 3.05) is 13.2 Å². The number of carboxylic acids is 1. The molecule has 0 heterocycles. The van der Waals surface area contributed by atoms with Crippen LogP contribution in [-0.2, 0) is 14.3 Å². The molecule has 0 fully saturated rings. The molecule has 0 aliphatic heterocycles. The molecule has 1 aliphatic rings. The van der Waals surface area contributed by atoms with E-state index in [4.69, 9.17) is 4.74 Å². The lowest BCUT2D eigenvalue weighted by molar-refractivity contribution is -0.142. The Hall–Kier alpha value is -3.35. The number of fused-ring (bicyclic) bond motifs is 3. The predicted octanol–water partition coefficient (Wildman–Crippen LogP) is 5.09. The molecule has 0 spiro atoms. The van der Waals surface area contributed by atoms with Gasteiger partial charge in [0.1, 0.15) is 12.6 Å². The van der Waals surface area contributed by atoms with Crippen LogP contribution in [0.3, 0.4) is 0 Å². The lowest BCUT2D eigenvalue weighted by Gasteiger charge is -2.16. The zero-order valence-corrected chi connectivity index (χ0v) is 20.6. The molecular weight excluding hydrogens is 444 g/mol. The molecule has 3 N–H and O–H groups in total. The molecule has 0 bridgehead atoms. The second-order valence-electron chi connectivity index (χ2n) is 9.50. The predicted molar refractivity (Wildman–Crippen MR) is 135 cm³/mol. The minimum atomic E-state index is -0.994. The molecule has 0 aromatic heterocycles. The molecule has 7 nitrogen and oxygen atoms in total. The fraction of sp³-hybridized carbons (Fsp3) is 0.464. The first-order valence-electron chi connectivity index (χ1n) is 12.5. The summed E-state index contributed by atoms with van der Waals surface area (Å²) in [4.78, 5) is 35.5. The molecule has 0 radical (unpaired) electrons. The van der Waals surface area contributed by atoms with Crippen molar-refractivity contribution < 1.29 is 24.2 Å². The first-order chi connectivity index (χ1) is 16.9. The van der Waals surface area contributed by atoms with E-state index in [2.05, 4.69) is 34.9 Å². The van der Waals surface area contributed by atoms with E-state index in [-0.39, 0.29) is 17.7 Å². The van der Waals surface area contributed by atoms with Gasteiger partial charge in [-0.3, -0.25) is 4.79 Å². The number of ether oxygens (including phenoxy) is 1. The second-order valence-corrected chi connectivity index (χ2v) is 9.50. The Morgan fingerprint density at radius 1 is 0.914 bits per heavy atom. The van der Waals surface area contributed by atoms with Gasteiger partial charge in [0.25, 0.3) is 0 Å². The minimum Gasteiger partial charge on any atom is -0.480 e. The van der Waals surface area contributed by atoms with Gasteiger partial charge in [-0.25, -0.2) is 9.59 Å². The fourth-order valence-electron chi connectivity index (χ4n) is 4.56. The van der Waals surface area contributed by atoms with Gasteiger partial charge in [0.2, 0.25) is 5.91 Å². The maximum atomic E-state index is 12.2. The third-order valence-electron chi connectivity index (χ3n) is 6.28. The Labute approximate surface area is 207 Å². The summed E-state index contributed by atoms with van der Waals surface area (Å²) in [5, 5.41) is 14.6. The molecule has 3 rings (SSSR count). The van der Waals surface area contributed by atoms with Gasteiger partial charge < -0.3 is 20.5 Å². The van der Waals surface area contributed by atoms with Gasteiger partial charge in [0.05, 0.1) is 0 Å². The SMILES string of the molecule is CC(C)CC(NC(=O)CCCCCCNC(=O)OCC1c2ccccc2-c2ccccc21)C(=O)O. The van der Waals surface area contributed by atoms with Gasteiger partial charge in [-0.05, 0) is 47.4 Å². The van der Waals surface area contributed by atoms with Crippen LogP contribution < -0.4 is 10.6 Å². The third-order valence-corrected chi connectivity index (χ3v) is 6.28. The highest BCUT2D eigenvalue weighted by Gasteiger charge is 2.29. The van der Waals surface area contributed by atoms with Crippen molar-refractivity contribution in [3.63, 3.8) is 0 Å². The summed E-state index contributed by atoms with van der Waals surface area (Å²) in [6.45, 7) is 4.67. The van der Waals surface area contributed by atoms with E-state index in [1.165, 1.54) is 22.3 Å². The molecule has 2 aromatic carbocycles. The number of amides is 2. The molecule has 1 atom stereocenters. The van der Waals surface area contributed by atoms with Crippen LogP contribution in [0.1, 0.15) is 69.4 Å². The number of hydrogen-bond donors (Lipinski definition) is 3. The van der Waals surface area contributed by atoms with Crippen molar-refractivity contribution in [1.82, 2.24) is 10.6 Å². The van der Waals surface area contributed by atoms with Crippen molar-refractivity contribution in [2.24, 2.45) is 5.92 Å².